The zero-order valence-corrected chi connectivity index (χ0v) is 25.3. The van der Waals surface area contributed by atoms with Crippen LogP contribution >= 0.6 is 11.3 Å². The standard InChI is InChI=1S/C40H24N4OS/c1-3-11-25(12-4-1)37-42-38(26-13-5-2-6-14-26)44-39(43-37)30-17-10-20-35-36(30)31-24-28(21-22-34(31)46-35)27-15-9-16-29(23-27)40-41-32-18-7-8-19-33(32)45-40/h1-24H. The molecule has 0 bridgehead atoms. The molecule has 3 heterocycles. The van der Waals surface area contributed by atoms with Crippen LogP contribution in [0.1, 0.15) is 0 Å². The summed E-state index contributed by atoms with van der Waals surface area (Å²) in [5, 5.41) is 2.31. The monoisotopic (exact) mass is 608 g/mol. The minimum absolute atomic E-state index is 0.616. The Kier molecular flexibility index (Phi) is 6.25. The topological polar surface area (TPSA) is 64.7 Å². The van der Waals surface area contributed by atoms with Gasteiger partial charge in [-0.05, 0) is 53.6 Å². The van der Waals surface area contributed by atoms with Crippen LogP contribution in [0.2, 0.25) is 0 Å². The average molecular weight is 609 g/mol. The van der Waals surface area contributed by atoms with E-state index in [0.29, 0.717) is 23.4 Å². The molecule has 5 nitrogen and oxygen atoms in total. The molecule has 0 unspecified atom stereocenters. The third-order valence-electron chi connectivity index (χ3n) is 8.17. The van der Waals surface area contributed by atoms with E-state index in [9.17, 15) is 0 Å². The fourth-order valence-corrected chi connectivity index (χ4v) is 7.06. The molecule has 6 heteroatoms. The van der Waals surface area contributed by atoms with Crippen molar-refractivity contribution in [1.82, 2.24) is 19.9 Å². The van der Waals surface area contributed by atoms with Gasteiger partial charge in [-0.25, -0.2) is 19.9 Å². The molecule has 0 aliphatic carbocycles. The highest BCUT2D eigenvalue weighted by atomic mass is 32.1. The smallest absolute Gasteiger partial charge is 0.227 e. The van der Waals surface area contributed by atoms with Gasteiger partial charge in [-0.3, -0.25) is 0 Å². The van der Waals surface area contributed by atoms with Gasteiger partial charge in [-0.2, -0.15) is 0 Å². The molecule has 216 valence electrons. The number of hydrogen-bond acceptors (Lipinski definition) is 6. The highest BCUT2D eigenvalue weighted by Gasteiger charge is 2.18. The molecule has 0 spiro atoms. The van der Waals surface area contributed by atoms with Crippen molar-refractivity contribution in [1.29, 1.82) is 0 Å². The van der Waals surface area contributed by atoms with E-state index in [2.05, 4.69) is 54.6 Å². The summed E-state index contributed by atoms with van der Waals surface area (Å²) in [5.41, 5.74) is 7.67. The van der Waals surface area contributed by atoms with E-state index in [0.717, 1.165) is 49.9 Å². The number of aromatic nitrogens is 4. The minimum atomic E-state index is 0.616. The first-order valence-corrected chi connectivity index (χ1v) is 15.9. The third-order valence-corrected chi connectivity index (χ3v) is 9.31. The zero-order valence-electron chi connectivity index (χ0n) is 24.5. The van der Waals surface area contributed by atoms with Gasteiger partial charge in [-0.15, -0.1) is 11.3 Å². The summed E-state index contributed by atoms with van der Waals surface area (Å²) in [6.07, 6.45) is 0. The number of oxazole rings is 1. The van der Waals surface area contributed by atoms with Crippen LogP contribution in [0.15, 0.2) is 150 Å². The summed E-state index contributed by atoms with van der Waals surface area (Å²) in [5.74, 6) is 2.57. The van der Waals surface area contributed by atoms with Gasteiger partial charge in [0, 0.05) is 42.4 Å². The van der Waals surface area contributed by atoms with Gasteiger partial charge in [0.05, 0.1) is 0 Å². The normalized spacial score (nSPS) is 11.5. The Morgan fingerprint density at radius 2 is 1.07 bits per heavy atom. The van der Waals surface area contributed by atoms with E-state index < -0.39 is 0 Å². The van der Waals surface area contributed by atoms with Crippen molar-refractivity contribution in [3.8, 4) is 56.7 Å². The Labute approximate surface area is 268 Å². The first-order valence-electron chi connectivity index (χ1n) is 15.1. The van der Waals surface area contributed by atoms with Crippen LogP contribution in [0.5, 0.6) is 0 Å². The van der Waals surface area contributed by atoms with E-state index in [1.165, 1.54) is 14.8 Å². The van der Waals surface area contributed by atoms with E-state index >= 15 is 0 Å². The Hall–Kier alpha value is -5.98. The van der Waals surface area contributed by atoms with E-state index in [1.54, 1.807) is 11.3 Å². The highest BCUT2D eigenvalue weighted by Crippen LogP contribution is 2.41. The molecular weight excluding hydrogens is 585 g/mol. The second kappa shape index (κ2) is 10.9. The number of hydrogen-bond donors (Lipinski definition) is 0. The van der Waals surface area contributed by atoms with Gasteiger partial charge in [0.15, 0.2) is 23.1 Å². The van der Waals surface area contributed by atoms with Gasteiger partial charge in [0.25, 0.3) is 0 Å². The number of benzene rings is 6. The summed E-state index contributed by atoms with van der Waals surface area (Å²) < 4.78 is 8.48. The van der Waals surface area contributed by atoms with Crippen LogP contribution in [-0.2, 0) is 0 Å². The Morgan fingerprint density at radius 3 is 1.83 bits per heavy atom. The number of para-hydroxylation sites is 2. The SMILES string of the molecule is c1ccc(-c2nc(-c3ccccc3)nc(-c3cccc4sc5ccc(-c6cccc(-c7nc8ccccc8o7)c6)cc5c34)n2)cc1. The second-order valence-corrected chi connectivity index (χ2v) is 12.2. The number of nitrogens with zero attached hydrogens (tertiary/aromatic N) is 4. The molecule has 0 N–H and O–H groups in total. The zero-order chi connectivity index (χ0) is 30.5. The minimum Gasteiger partial charge on any atom is -0.436 e. The highest BCUT2D eigenvalue weighted by molar-refractivity contribution is 7.26. The molecule has 0 aliphatic heterocycles. The molecule has 0 radical (unpaired) electrons. The lowest BCUT2D eigenvalue weighted by Crippen LogP contribution is -2.00. The molecule has 0 fully saturated rings. The second-order valence-electron chi connectivity index (χ2n) is 11.1. The quantitative estimate of drug-likeness (QED) is 0.194. The maximum Gasteiger partial charge on any atom is 0.227 e. The largest absolute Gasteiger partial charge is 0.436 e. The Bertz CT molecular complexity index is 2450. The fourth-order valence-electron chi connectivity index (χ4n) is 5.95. The van der Waals surface area contributed by atoms with Crippen molar-refractivity contribution in [3.63, 3.8) is 0 Å². The van der Waals surface area contributed by atoms with Gasteiger partial charge in [0.2, 0.25) is 5.89 Å². The number of rotatable bonds is 5. The lowest BCUT2D eigenvalue weighted by atomic mass is 9.99. The van der Waals surface area contributed by atoms with Crippen molar-refractivity contribution >= 4 is 42.6 Å². The van der Waals surface area contributed by atoms with Crippen LogP contribution < -0.4 is 0 Å². The molecule has 0 atom stereocenters. The molecule has 0 amide bonds. The average Bonchev–Trinajstić information content (AvgIpc) is 3.74. The summed E-state index contributed by atoms with van der Waals surface area (Å²) >= 11 is 1.78. The lowest BCUT2D eigenvalue weighted by Gasteiger charge is -2.10. The van der Waals surface area contributed by atoms with Crippen LogP contribution in [0.3, 0.4) is 0 Å². The molecule has 0 saturated heterocycles. The third kappa shape index (κ3) is 4.64. The predicted molar refractivity (Wildman–Crippen MR) is 187 cm³/mol. The van der Waals surface area contributed by atoms with E-state index in [4.69, 9.17) is 24.4 Å². The molecule has 9 rings (SSSR count). The number of fused-ring (bicyclic) bond motifs is 4. The summed E-state index contributed by atoms with van der Waals surface area (Å²) in [4.78, 5) is 19.7. The molecule has 6 aromatic carbocycles. The van der Waals surface area contributed by atoms with Gasteiger partial charge < -0.3 is 4.42 Å². The molecule has 0 aliphatic rings. The van der Waals surface area contributed by atoms with Gasteiger partial charge in [0.1, 0.15) is 5.52 Å². The predicted octanol–water partition coefficient (Wildman–Crippen LogP) is 10.7. The van der Waals surface area contributed by atoms with Crippen LogP contribution in [0.25, 0.3) is 88.0 Å². The first-order chi connectivity index (χ1) is 22.8. The molecule has 46 heavy (non-hydrogen) atoms. The first kappa shape index (κ1) is 26.4. The van der Waals surface area contributed by atoms with Crippen molar-refractivity contribution in [2.24, 2.45) is 0 Å². The summed E-state index contributed by atoms with van der Waals surface area (Å²) in [7, 11) is 0. The Morgan fingerprint density at radius 1 is 0.435 bits per heavy atom. The number of thiophene rings is 1. The van der Waals surface area contributed by atoms with Crippen molar-refractivity contribution < 1.29 is 4.42 Å². The molecule has 9 aromatic rings. The fraction of sp³-hybridized carbons (Fsp3) is 0. The van der Waals surface area contributed by atoms with Crippen molar-refractivity contribution in [3.05, 3.63) is 146 Å². The molecule has 0 saturated carbocycles. The Balaban J connectivity index is 1.21. The van der Waals surface area contributed by atoms with E-state index in [1.807, 2.05) is 91.0 Å². The lowest BCUT2D eigenvalue weighted by molar-refractivity contribution is 0.620. The molecule has 3 aromatic heterocycles. The summed E-state index contributed by atoms with van der Waals surface area (Å²) in [6.45, 7) is 0. The van der Waals surface area contributed by atoms with Crippen LogP contribution in [-0.4, -0.2) is 19.9 Å². The van der Waals surface area contributed by atoms with Gasteiger partial charge in [-0.1, -0.05) is 103 Å². The summed E-state index contributed by atoms with van der Waals surface area (Å²) in [6, 6.07) is 49.5. The van der Waals surface area contributed by atoms with Crippen LogP contribution in [0, 0.1) is 0 Å². The van der Waals surface area contributed by atoms with Crippen molar-refractivity contribution in [2.45, 2.75) is 0 Å². The van der Waals surface area contributed by atoms with E-state index in [-0.39, 0.29) is 0 Å². The molecular formula is C40H24N4OS. The maximum atomic E-state index is 6.08. The van der Waals surface area contributed by atoms with Gasteiger partial charge >= 0.3 is 0 Å². The van der Waals surface area contributed by atoms with Crippen LogP contribution in [0.4, 0.5) is 0 Å². The maximum absolute atomic E-state index is 6.08. The van der Waals surface area contributed by atoms with Crippen molar-refractivity contribution in [2.75, 3.05) is 0 Å².